The predicted octanol–water partition coefficient (Wildman–Crippen LogP) is 1.19. The van der Waals surface area contributed by atoms with Crippen molar-refractivity contribution in [1.29, 1.82) is 0 Å². The fraction of sp³-hybridized carbons (Fsp3) is 0.917. The summed E-state index contributed by atoms with van der Waals surface area (Å²) >= 11 is 0. The summed E-state index contributed by atoms with van der Waals surface area (Å²) in [7, 11) is 0. The molecule has 1 heterocycles. The predicted molar refractivity (Wildman–Crippen MR) is 64.1 cm³/mol. The third kappa shape index (κ3) is 4.94. The maximum atomic E-state index is 11.7. The summed E-state index contributed by atoms with van der Waals surface area (Å²) in [6, 6.07) is 0. The second-order valence-electron chi connectivity index (χ2n) is 5.14. The Labute approximate surface area is 97.9 Å². The molecule has 1 aliphatic heterocycles. The number of nitrogens with one attached hydrogen (secondary N) is 1. The minimum Gasteiger partial charge on any atom is -0.378 e. The monoisotopic (exact) mass is 228 g/mol. The summed E-state index contributed by atoms with van der Waals surface area (Å²) in [5.41, 5.74) is 5.30. The van der Waals surface area contributed by atoms with Crippen LogP contribution in [0.2, 0.25) is 0 Å². The lowest BCUT2D eigenvalue weighted by Crippen LogP contribution is -2.44. The van der Waals surface area contributed by atoms with Crippen molar-refractivity contribution >= 4 is 5.91 Å². The van der Waals surface area contributed by atoms with Crippen LogP contribution in [0.1, 0.15) is 46.0 Å². The highest BCUT2D eigenvalue weighted by Crippen LogP contribution is 2.17. The molecule has 3 N–H and O–H groups in total. The fourth-order valence-electron chi connectivity index (χ4n) is 2.03. The molecule has 94 valence electrons. The number of amides is 1. The molecular formula is C12H24N2O2. The molecule has 1 aliphatic rings. The summed E-state index contributed by atoms with van der Waals surface area (Å²) in [5, 5.41) is 3.01. The molecule has 4 heteroatoms. The number of hydrogen-bond acceptors (Lipinski definition) is 3. The Morgan fingerprint density at radius 2 is 2.31 bits per heavy atom. The van der Waals surface area contributed by atoms with E-state index in [0.29, 0.717) is 19.1 Å². The van der Waals surface area contributed by atoms with E-state index in [0.717, 1.165) is 32.3 Å². The molecule has 0 aliphatic carbocycles. The molecule has 0 spiro atoms. The topological polar surface area (TPSA) is 64.3 Å². The molecule has 16 heavy (non-hydrogen) atoms. The van der Waals surface area contributed by atoms with Crippen LogP contribution < -0.4 is 11.1 Å². The van der Waals surface area contributed by atoms with Crippen LogP contribution >= 0.6 is 0 Å². The Hall–Kier alpha value is -0.610. The van der Waals surface area contributed by atoms with Gasteiger partial charge in [0.1, 0.15) is 0 Å². The second-order valence-corrected chi connectivity index (χ2v) is 5.14. The van der Waals surface area contributed by atoms with Gasteiger partial charge in [-0.15, -0.1) is 0 Å². The van der Waals surface area contributed by atoms with Crippen LogP contribution in [0.25, 0.3) is 0 Å². The number of rotatable bonds is 6. The van der Waals surface area contributed by atoms with Crippen molar-refractivity contribution in [3.05, 3.63) is 0 Å². The van der Waals surface area contributed by atoms with Crippen LogP contribution in [0.15, 0.2) is 0 Å². The Bertz CT molecular complexity index is 223. The number of hydrogen-bond donors (Lipinski definition) is 2. The molecule has 0 saturated carbocycles. The highest BCUT2D eigenvalue weighted by Gasteiger charge is 2.21. The van der Waals surface area contributed by atoms with E-state index in [1.54, 1.807) is 0 Å². The molecule has 0 bridgehead atoms. The molecule has 0 aromatic rings. The minimum atomic E-state index is -0.192. The first-order valence-electron chi connectivity index (χ1n) is 6.16. The summed E-state index contributed by atoms with van der Waals surface area (Å²) in [6.07, 6.45) is 4.72. The lowest BCUT2D eigenvalue weighted by molar-refractivity contribution is -0.123. The van der Waals surface area contributed by atoms with Crippen LogP contribution in [0.4, 0.5) is 0 Å². The van der Waals surface area contributed by atoms with Gasteiger partial charge in [-0.2, -0.15) is 0 Å². The lowest BCUT2D eigenvalue weighted by atomic mass is 10.00. The molecule has 1 rings (SSSR count). The minimum absolute atomic E-state index is 0.106. The van der Waals surface area contributed by atoms with Crippen molar-refractivity contribution in [2.24, 2.45) is 5.73 Å². The molecule has 1 unspecified atom stereocenters. The van der Waals surface area contributed by atoms with Crippen molar-refractivity contribution in [1.82, 2.24) is 5.32 Å². The van der Waals surface area contributed by atoms with E-state index in [4.69, 9.17) is 10.5 Å². The average molecular weight is 228 g/mol. The van der Waals surface area contributed by atoms with Gasteiger partial charge in [0.2, 0.25) is 5.91 Å². The quantitative estimate of drug-likeness (QED) is 0.717. The molecule has 0 aromatic carbocycles. The Morgan fingerprint density at radius 1 is 1.56 bits per heavy atom. The Morgan fingerprint density at radius 3 is 2.88 bits per heavy atom. The summed E-state index contributed by atoms with van der Waals surface area (Å²) in [6.45, 7) is 5.46. The van der Waals surface area contributed by atoms with Gasteiger partial charge in [-0.05, 0) is 46.1 Å². The normalized spacial score (nSPS) is 21.1. The Balaban J connectivity index is 2.19. The standard InChI is InChI=1S/C12H24N2O2/c1-12(2,7-8-13)14-11(15)6-5-10-4-3-9-16-10/h10H,3-9,13H2,1-2H3,(H,14,15). The molecule has 0 aromatic heterocycles. The average Bonchev–Trinajstić information content (AvgIpc) is 2.66. The van der Waals surface area contributed by atoms with E-state index in [9.17, 15) is 4.79 Å². The van der Waals surface area contributed by atoms with Crippen molar-refractivity contribution in [2.75, 3.05) is 13.2 Å². The maximum absolute atomic E-state index is 11.7. The van der Waals surface area contributed by atoms with Crippen LogP contribution in [0.5, 0.6) is 0 Å². The van der Waals surface area contributed by atoms with Crippen molar-refractivity contribution in [2.45, 2.75) is 57.6 Å². The first kappa shape index (κ1) is 13.5. The van der Waals surface area contributed by atoms with Gasteiger partial charge in [-0.1, -0.05) is 0 Å². The van der Waals surface area contributed by atoms with Crippen LogP contribution in [-0.2, 0) is 9.53 Å². The van der Waals surface area contributed by atoms with Gasteiger partial charge in [0.15, 0.2) is 0 Å². The zero-order valence-electron chi connectivity index (χ0n) is 10.4. The highest BCUT2D eigenvalue weighted by atomic mass is 16.5. The van der Waals surface area contributed by atoms with Crippen LogP contribution in [0.3, 0.4) is 0 Å². The summed E-state index contributed by atoms with van der Waals surface area (Å²) in [4.78, 5) is 11.7. The van der Waals surface area contributed by atoms with Crippen molar-refractivity contribution in [3.8, 4) is 0 Å². The molecule has 1 atom stereocenters. The largest absolute Gasteiger partial charge is 0.378 e. The molecule has 4 nitrogen and oxygen atoms in total. The number of carbonyl (C=O) groups excluding carboxylic acids is 1. The molecule has 0 radical (unpaired) electrons. The molecule has 1 saturated heterocycles. The third-order valence-corrected chi connectivity index (χ3v) is 2.96. The molecule has 1 amide bonds. The van der Waals surface area contributed by atoms with E-state index in [2.05, 4.69) is 5.32 Å². The van der Waals surface area contributed by atoms with Gasteiger partial charge < -0.3 is 15.8 Å². The van der Waals surface area contributed by atoms with Gasteiger partial charge in [-0.25, -0.2) is 0 Å². The fourth-order valence-corrected chi connectivity index (χ4v) is 2.03. The zero-order valence-corrected chi connectivity index (χ0v) is 10.4. The van der Waals surface area contributed by atoms with E-state index in [1.165, 1.54) is 0 Å². The highest BCUT2D eigenvalue weighted by molar-refractivity contribution is 5.76. The Kier molecular flexibility index (Phi) is 5.22. The van der Waals surface area contributed by atoms with Crippen molar-refractivity contribution < 1.29 is 9.53 Å². The number of nitrogens with two attached hydrogens (primary N) is 1. The van der Waals surface area contributed by atoms with E-state index in [-0.39, 0.29) is 11.4 Å². The second kappa shape index (κ2) is 6.21. The van der Waals surface area contributed by atoms with E-state index < -0.39 is 0 Å². The van der Waals surface area contributed by atoms with E-state index in [1.807, 2.05) is 13.8 Å². The van der Waals surface area contributed by atoms with Crippen LogP contribution in [0, 0.1) is 0 Å². The first-order chi connectivity index (χ1) is 7.53. The third-order valence-electron chi connectivity index (χ3n) is 2.96. The lowest BCUT2D eigenvalue weighted by Gasteiger charge is -2.25. The summed E-state index contributed by atoms with van der Waals surface area (Å²) < 4.78 is 5.48. The molecule has 1 fully saturated rings. The number of carbonyl (C=O) groups is 1. The molecular weight excluding hydrogens is 204 g/mol. The van der Waals surface area contributed by atoms with Crippen LogP contribution in [-0.4, -0.2) is 30.7 Å². The maximum Gasteiger partial charge on any atom is 0.220 e. The zero-order chi connectivity index (χ0) is 12.0. The number of ether oxygens (including phenoxy) is 1. The van der Waals surface area contributed by atoms with Gasteiger partial charge in [-0.3, -0.25) is 4.79 Å². The van der Waals surface area contributed by atoms with Gasteiger partial charge in [0.25, 0.3) is 0 Å². The van der Waals surface area contributed by atoms with Gasteiger partial charge in [0.05, 0.1) is 6.10 Å². The van der Waals surface area contributed by atoms with Crippen molar-refractivity contribution in [3.63, 3.8) is 0 Å². The first-order valence-corrected chi connectivity index (χ1v) is 6.16. The van der Waals surface area contributed by atoms with E-state index >= 15 is 0 Å². The SMILES string of the molecule is CC(C)(CCN)NC(=O)CCC1CCCO1. The van der Waals surface area contributed by atoms with Gasteiger partial charge >= 0.3 is 0 Å². The summed E-state index contributed by atoms with van der Waals surface area (Å²) in [5.74, 6) is 0.106. The van der Waals surface area contributed by atoms with Gasteiger partial charge in [0, 0.05) is 18.6 Å². The smallest absolute Gasteiger partial charge is 0.220 e.